The van der Waals surface area contributed by atoms with Crippen LogP contribution in [0.3, 0.4) is 0 Å². The van der Waals surface area contributed by atoms with Crippen molar-refractivity contribution >= 4 is 11.4 Å². The number of fused-ring (bicyclic) bond motifs is 3. The summed E-state index contributed by atoms with van der Waals surface area (Å²) in [5.74, 6) is 1.85. The Morgan fingerprint density at radius 1 is 1.06 bits per heavy atom. The quantitative estimate of drug-likeness (QED) is 0.752. The average Bonchev–Trinajstić information content (AvgIpc) is 2.91. The summed E-state index contributed by atoms with van der Waals surface area (Å²) in [6.45, 7) is 1.10. The van der Waals surface area contributed by atoms with Crippen molar-refractivity contribution in [1.82, 2.24) is 5.32 Å². The van der Waals surface area contributed by atoms with Gasteiger partial charge < -0.3 is 14.8 Å². The number of carbonyl (C=O) groups is 1. The summed E-state index contributed by atoms with van der Waals surface area (Å²) in [7, 11) is 0. The van der Waals surface area contributed by atoms with E-state index in [0.29, 0.717) is 13.2 Å². The molecular formula is C14H13NO3. The number of hydrogen-bond donors (Lipinski definition) is 1. The third-order valence-electron chi connectivity index (χ3n) is 3.80. The van der Waals surface area contributed by atoms with Crippen molar-refractivity contribution < 1.29 is 14.3 Å². The second-order valence-corrected chi connectivity index (χ2v) is 4.82. The lowest BCUT2D eigenvalue weighted by Crippen LogP contribution is -2.19. The van der Waals surface area contributed by atoms with E-state index in [9.17, 15) is 4.79 Å². The molecule has 18 heavy (non-hydrogen) atoms. The molecule has 0 amide bonds. The first-order chi connectivity index (χ1) is 8.83. The maximum Gasteiger partial charge on any atom is 0.231 e. The Kier molecular flexibility index (Phi) is 1.95. The van der Waals surface area contributed by atoms with Crippen LogP contribution in [0, 0.1) is 0 Å². The highest BCUT2D eigenvalue weighted by atomic mass is 16.7. The zero-order valence-electron chi connectivity index (χ0n) is 9.91. The first kappa shape index (κ1) is 10.00. The van der Waals surface area contributed by atoms with Gasteiger partial charge >= 0.3 is 0 Å². The van der Waals surface area contributed by atoms with Gasteiger partial charge in [-0.05, 0) is 41.7 Å². The van der Waals surface area contributed by atoms with Crippen LogP contribution < -0.4 is 14.8 Å². The van der Waals surface area contributed by atoms with Crippen molar-refractivity contribution in [3.05, 3.63) is 29.0 Å². The summed E-state index contributed by atoms with van der Waals surface area (Å²) < 4.78 is 10.8. The number of rotatable bonds is 0. The first-order valence-electron chi connectivity index (χ1n) is 6.26. The molecule has 0 unspecified atom stereocenters. The molecule has 4 heteroatoms. The van der Waals surface area contributed by atoms with E-state index in [4.69, 9.17) is 9.47 Å². The smallest absolute Gasteiger partial charge is 0.231 e. The number of benzene rings is 1. The van der Waals surface area contributed by atoms with E-state index in [0.717, 1.165) is 47.7 Å². The number of ketones is 1. The standard InChI is InChI=1S/C14H13NO3/c16-11-2-1-9-10-6-13-12(17-7-18-13)5-8(10)3-4-15-14(9)11/h5-6,15H,1-4,7H2. The number of Topliss-reactive ketones (excluding diaryl/α,β-unsaturated/α-hetero) is 1. The van der Waals surface area contributed by atoms with Crippen LogP contribution in [0.2, 0.25) is 0 Å². The molecule has 1 aromatic carbocycles. The van der Waals surface area contributed by atoms with E-state index >= 15 is 0 Å². The normalized spacial score (nSPS) is 20.3. The van der Waals surface area contributed by atoms with Gasteiger partial charge in [0.1, 0.15) is 0 Å². The monoisotopic (exact) mass is 243 g/mol. The van der Waals surface area contributed by atoms with Crippen molar-refractivity contribution in [2.75, 3.05) is 13.3 Å². The van der Waals surface area contributed by atoms with Crippen LogP contribution in [0.5, 0.6) is 11.5 Å². The Morgan fingerprint density at radius 3 is 2.78 bits per heavy atom. The topological polar surface area (TPSA) is 47.6 Å². The van der Waals surface area contributed by atoms with E-state index in [-0.39, 0.29) is 5.78 Å². The third-order valence-corrected chi connectivity index (χ3v) is 3.80. The van der Waals surface area contributed by atoms with Crippen molar-refractivity contribution in [3.63, 3.8) is 0 Å². The lowest BCUT2D eigenvalue weighted by molar-refractivity contribution is -0.115. The summed E-state index contributed by atoms with van der Waals surface area (Å²) in [5.41, 5.74) is 4.36. The van der Waals surface area contributed by atoms with Gasteiger partial charge in [0.2, 0.25) is 6.79 Å². The Hall–Kier alpha value is -1.97. The van der Waals surface area contributed by atoms with E-state index in [1.54, 1.807) is 0 Å². The Morgan fingerprint density at radius 2 is 1.89 bits per heavy atom. The van der Waals surface area contributed by atoms with Crippen LogP contribution in [0.25, 0.3) is 5.57 Å². The number of hydrogen-bond acceptors (Lipinski definition) is 4. The fourth-order valence-corrected chi connectivity index (χ4v) is 2.93. The molecule has 0 aromatic heterocycles. The highest BCUT2D eigenvalue weighted by Crippen LogP contribution is 2.41. The molecule has 1 N–H and O–H groups in total. The molecule has 2 aliphatic heterocycles. The lowest BCUT2D eigenvalue weighted by Gasteiger charge is -2.09. The number of carbonyl (C=O) groups excluding carboxylic acids is 1. The average molecular weight is 243 g/mol. The summed E-state index contributed by atoms with van der Waals surface area (Å²) >= 11 is 0. The third kappa shape index (κ3) is 1.29. The Bertz CT molecular complexity index is 589. The molecule has 0 fully saturated rings. The van der Waals surface area contributed by atoms with Crippen LogP contribution in [0.4, 0.5) is 0 Å². The Labute approximate surface area is 105 Å². The molecular weight excluding hydrogens is 230 g/mol. The molecule has 4 nitrogen and oxygen atoms in total. The minimum Gasteiger partial charge on any atom is -0.454 e. The van der Waals surface area contributed by atoms with E-state index < -0.39 is 0 Å². The zero-order chi connectivity index (χ0) is 12.1. The van der Waals surface area contributed by atoms with E-state index in [2.05, 4.69) is 11.4 Å². The molecule has 0 saturated heterocycles. The molecule has 0 saturated carbocycles. The molecule has 0 atom stereocenters. The predicted molar refractivity (Wildman–Crippen MR) is 65.4 cm³/mol. The number of allylic oxidation sites excluding steroid dienone is 2. The second kappa shape index (κ2) is 3.51. The van der Waals surface area contributed by atoms with E-state index in [1.807, 2.05) is 6.07 Å². The minimum absolute atomic E-state index is 0.232. The maximum absolute atomic E-state index is 11.8. The molecule has 0 bridgehead atoms. The fraction of sp³-hybridized carbons (Fsp3) is 0.357. The van der Waals surface area contributed by atoms with Crippen molar-refractivity contribution in [1.29, 1.82) is 0 Å². The molecule has 1 aromatic rings. The van der Waals surface area contributed by atoms with Gasteiger partial charge in [-0.2, -0.15) is 0 Å². The SMILES string of the molecule is O=C1CCC2=C1NCCc1cc3c(cc12)OCO3. The highest BCUT2D eigenvalue weighted by molar-refractivity contribution is 6.07. The van der Waals surface area contributed by atoms with Crippen LogP contribution >= 0.6 is 0 Å². The summed E-state index contributed by atoms with van der Waals surface area (Å²) in [6.07, 6.45) is 2.35. The minimum atomic E-state index is 0.232. The molecule has 0 spiro atoms. The fourth-order valence-electron chi connectivity index (χ4n) is 2.93. The number of ether oxygens (including phenoxy) is 2. The molecule has 4 rings (SSSR count). The van der Waals surface area contributed by atoms with Crippen LogP contribution in [0.15, 0.2) is 17.8 Å². The van der Waals surface area contributed by atoms with Crippen molar-refractivity contribution in [2.24, 2.45) is 0 Å². The van der Waals surface area contributed by atoms with Crippen molar-refractivity contribution in [3.8, 4) is 11.5 Å². The largest absolute Gasteiger partial charge is 0.454 e. The predicted octanol–water partition coefficient (Wildman–Crippen LogP) is 1.64. The van der Waals surface area contributed by atoms with Crippen LogP contribution in [-0.2, 0) is 11.2 Å². The van der Waals surface area contributed by atoms with Gasteiger partial charge in [0.25, 0.3) is 0 Å². The van der Waals surface area contributed by atoms with Gasteiger partial charge in [-0.25, -0.2) is 0 Å². The summed E-state index contributed by atoms with van der Waals surface area (Å²) in [5, 5.41) is 3.26. The maximum atomic E-state index is 11.8. The molecule has 0 radical (unpaired) electrons. The van der Waals surface area contributed by atoms with Gasteiger partial charge in [-0.1, -0.05) is 0 Å². The van der Waals surface area contributed by atoms with Gasteiger partial charge in [0.15, 0.2) is 17.3 Å². The van der Waals surface area contributed by atoms with Crippen molar-refractivity contribution in [2.45, 2.75) is 19.3 Å². The highest BCUT2D eigenvalue weighted by Gasteiger charge is 2.29. The second-order valence-electron chi connectivity index (χ2n) is 4.82. The van der Waals surface area contributed by atoms with Gasteiger partial charge in [-0.15, -0.1) is 0 Å². The Balaban J connectivity index is 1.93. The first-order valence-corrected chi connectivity index (χ1v) is 6.26. The molecule has 2 heterocycles. The van der Waals surface area contributed by atoms with Gasteiger partial charge in [0.05, 0.1) is 5.70 Å². The van der Waals surface area contributed by atoms with Gasteiger partial charge in [-0.3, -0.25) is 4.79 Å². The van der Waals surface area contributed by atoms with E-state index in [1.165, 1.54) is 5.56 Å². The molecule has 92 valence electrons. The van der Waals surface area contributed by atoms with Crippen LogP contribution in [-0.4, -0.2) is 19.1 Å². The lowest BCUT2D eigenvalue weighted by atomic mass is 9.97. The molecule has 3 aliphatic rings. The number of nitrogens with one attached hydrogen (secondary N) is 1. The zero-order valence-corrected chi connectivity index (χ0v) is 9.91. The summed E-state index contributed by atoms with van der Waals surface area (Å²) in [4.78, 5) is 11.8. The van der Waals surface area contributed by atoms with Crippen LogP contribution in [0.1, 0.15) is 24.0 Å². The molecule has 1 aliphatic carbocycles. The van der Waals surface area contributed by atoms with Gasteiger partial charge in [0, 0.05) is 13.0 Å². The summed E-state index contributed by atoms with van der Waals surface area (Å²) in [6, 6.07) is 4.08.